The molecular weight excluding hydrogens is 401 g/mol. The van der Waals surface area contributed by atoms with Crippen LogP contribution in [0.1, 0.15) is 37.8 Å². The van der Waals surface area contributed by atoms with Crippen molar-refractivity contribution < 1.29 is 19.1 Å². The number of carboxylic acids is 1. The third-order valence-corrected chi connectivity index (χ3v) is 4.68. The van der Waals surface area contributed by atoms with E-state index in [0.717, 1.165) is 11.3 Å². The summed E-state index contributed by atoms with van der Waals surface area (Å²) in [4.78, 5) is 35.2. The largest absolute Gasteiger partial charge is 0.475 e. The van der Waals surface area contributed by atoms with Gasteiger partial charge in [-0.3, -0.25) is 4.79 Å². The molecule has 0 aliphatic rings. The van der Waals surface area contributed by atoms with Gasteiger partial charge < -0.3 is 14.8 Å². The first-order valence-corrected chi connectivity index (χ1v) is 9.52. The number of fused-ring (bicyclic) bond motifs is 1. The molecule has 0 saturated carbocycles. The molecule has 31 heavy (non-hydrogen) atoms. The van der Waals surface area contributed by atoms with E-state index in [4.69, 9.17) is 5.11 Å². The van der Waals surface area contributed by atoms with Crippen LogP contribution in [0.3, 0.4) is 0 Å². The highest BCUT2D eigenvalue weighted by Gasteiger charge is 2.10. The summed E-state index contributed by atoms with van der Waals surface area (Å²) >= 11 is 0. The van der Waals surface area contributed by atoms with Crippen LogP contribution in [0.15, 0.2) is 61.2 Å². The number of hydrogen-bond donors (Lipinski definition) is 2. The van der Waals surface area contributed by atoms with Gasteiger partial charge in [0.05, 0.1) is 5.69 Å². The third kappa shape index (κ3) is 4.89. The molecule has 4 rings (SSSR count). The van der Waals surface area contributed by atoms with E-state index in [2.05, 4.69) is 20.3 Å². The Morgan fingerprint density at radius 3 is 2.61 bits per heavy atom. The molecule has 0 unspecified atom stereocenters. The van der Waals surface area contributed by atoms with Crippen molar-refractivity contribution >= 4 is 17.5 Å². The Hall–Kier alpha value is -4.14. The molecule has 8 nitrogen and oxygen atoms in total. The minimum Gasteiger partial charge on any atom is -0.475 e. The molecular formula is C22H18FN5O3. The summed E-state index contributed by atoms with van der Waals surface area (Å²) in [5.74, 6) is -2.06. The lowest BCUT2D eigenvalue weighted by atomic mass is 10.1. The number of amides is 1. The number of nitrogens with one attached hydrogen (secondary N) is 1. The normalized spacial score (nSPS) is 10.9. The van der Waals surface area contributed by atoms with Gasteiger partial charge in [-0.15, -0.1) is 0 Å². The Bertz CT molecular complexity index is 1250. The van der Waals surface area contributed by atoms with Crippen LogP contribution in [0, 0.1) is 5.82 Å². The number of carbonyl (C=O) groups excluding carboxylic acids is 1. The van der Waals surface area contributed by atoms with Crippen LogP contribution in [-0.2, 0) is 19.4 Å². The van der Waals surface area contributed by atoms with Crippen molar-refractivity contribution in [2.75, 3.05) is 0 Å². The number of hydrogen-bond acceptors (Lipinski definition) is 5. The standard InChI is InChI=1S/C22H18FN5O3/c23-17-3-1-2-14(8-17)4-5-18-13-28-7-6-16(9-19(28)27-18)21(29)26-12-15-10-24-20(22(30)31)25-11-15/h1-3,6-11,13H,4-5,12H2,(H,26,29)(H,30,31). The first kappa shape index (κ1) is 20.1. The van der Waals surface area contributed by atoms with Gasteiger partial charge in [-0.05, 0) is 42.7 Å². The molecule has 0 aliphatic carbocycles. The summed E-state index contributed by atoms with van der Waals surface area (Å²) in [5.41, 5.74) is 3.41. The van der Waals surface area contributed by atoms with Gasteiger partial charge in [0.1, 0.15) is 11.5 Å². The fraction of sp³-hybridized carbons (Fsp3) is 0.136. The van der Waals surface area contributed by atoms with E-state index in [9.17, 15) is 14.0 Å². The Balaban J connectivity index is 1.39. The molecule has 9 heteroatoms. The summed E-state index contributed by atoms with van der Waals surface area (Å²) in [6.07, 6.45) is 7.68. The van der Waals surface area contributed by atoms with Crippen molar-refractivity contribution in [3.05, 3.63) is 95.2 Å². The van der Waals surface area contributed by atoms with Crippen molar-refractivity contribution in [1.82, 2.24) is 24.7 Å². The van der Waals surface area contributed by atoms with E-state index in [1.165, 1.54) is 24.5 Å². The number of pyridine rings is 1. The molecule has 156 valence electrons. The number of aryl methyl sites for hydroxylation is 2. The van der Waals surface area contributed by atoms with Gasteiger partial charge in [-0.25, -0.2) is 24.1 Å². The van der Waals surface area contributed by atoms with Crippen molar-refractivity contribution in [2.45, 2.75) is 19.4 Å². The molecule has 0 aliphatic heterocycles. The van der Waals surface area contributed by atoms with E-state index >= 15 is 0 Å². The van der Waals surface area contributed by atoms with E-state index < -0.39 is 5.97 Å². The molecule has 0 fully saturated rings. The number of carbonyl (C=O) groups is 2. The van der Waals surface area contributed by atoms with Gasteiger partial charge in [0.2, 0.25) is 5.82 Å². The number of aromatic nitrogens is 4. The maximum absolute atomic E-state index is 13.3. The second kappa shape index (κ2) is 8.70. The highest BCUT2D eigenvalue weighted by molar-refractivity contribution is 5.95. The lowest BCUT2D eigenvalue weighted by Crippen LogP contribution is -2.23. The Morgan fingerprint density at radius 2 is 1.87 bits per heavy atom. The number of imidazole rings is 1. The highest BCUT2D eigenvalue weighted by Crippen LogP contribution is 2.12. The number of aromatic carboxylic acids is 1. The highest BCUT2D eigenvalue weighted by atomic mass is 19.1. The van der Waals surface area contributed by atoms with Gasteiger partial charge in [0, 0.05) is 42.5 Å². The molecule has 0 radical (unpaired) electrons. The van der Waals surface area contributed by atoms with Gasteiger partial charge in [-0.1, -0.05) is 12.1 Å². The Kier molecular flexibility index (Phi) is 5.65. The zero-order valence-electron chi connectivity index (χ0n) is 16.3. The minimum atomic E-state index is -1.21. The van der Waals surface area contributed by atoms with Crippen LogP contribution >= 0.6 is 0 Å². The predicted molar refractivity (Wildman–Crippen MR) is 109 cm³/mol. The number of carboxylic acid groups (broad SMARTS) is 1. The van der Waals surface area contributed by atoms with Crippen LogP contribution in [0.4, 0.5) is 4.39 Å². The SMILES string of the molecule is O=C(NCc1cnc(C(=O)O)nc1)c1ccn2cc(CCc3cccc(F)c3)nc2c1. The molecule has 4 aromatic rings. The van der Waals surface area contributed by atoms with Crippen LogP contribution < -0.4 is 5.32 Å². The van der Waals surface area contributed by atoms with Gasteiger partial charge in [-0.2, -0.15) is 0 Å². The van der Waals surface area contributed by atoms with Gasteiger partial charge >= 0.3 is 5.97 Å². The Morgan fingerprint density at radius 1 is 1.06 bits per heavy atom. The second-order valence-electron chi connectivity index (χ2n) is 6.95. The van der Waals surface area contributed by atoms with Gasteiger partial charge in [0.15, 0.2) is 0 Å². The van der Waals surface area contributed by atoms with Crippen LogP contribution in [-0.4, -0.2) is 36.3 Å². The maximum atomic E-state index is 13.3. The predicted octanol–water partition coefficient (Wildman–Crippen LogP) is 2.68. The number of nitrogens with zero attached hydrogens (tertiary/aromatic N) is 4. The molecule has 1 amide bonds. The molecule has 1 aromatic carbocycles. The molecule has 0 spiro atoms. The lowest BCUT2D eigenvalue weighted by Gasteiger charge is -2.05. The lowest BCUT2D eigenvalue weighted by molar-refractivity contribution is 0.0683. The zero-order chi connectivity index (χ0) is 21.8. The van der Waals surface area contributed by atoms with E-state index in [-0.39, 0.29) is 24.1 Å². The second-order valence-corrected chi connectivity index (χ2v) is 6.95. The van der Waals surface area contributed by atoms with E-state index in [1.807, 2.05) is 16.7 Å². The maximum Gasteiger partial charge on any atom is 0.373 e. The molecule has 3 heterocycles. The first-order chi connectivity index (χ1) is 15.0. The summed E-state index contributed by atoms with van der Waals surface area (Å²) in [7, 11) is 0. The number of halogens is 1. The first-order valence-electron chi connectivity index (χ1n) is 9.52. The van der Waals surface area contributed by atoms with Gasteiger partial charge in [0.25, 0.3) is 5.91 Å². The van der Waals surface area contributed by atoms with E-state index in [1.54, 1.807) is 24.4 Å². The smallest absolute Gasteiger partial charge is 0.373 e. The fourth-order valence-corrected chi connectivity index (χ4v) is 3.10. The molecule has 0 atom stereocenters. The Labute approximate surface area is 176 Å². The average Bonchev–Trinajstić information content (AvgIpc) is 3.18. The quantitative estimate of drug-likeness (QED) is 0.477. The summed E-state index contributed by atoms with van der Waals surface area (Å²) in [5, 5.41) is 11.6. The minimum absolute atomic E-state index is 0.164. The molecule has 0 bridgehead atoms. The summed E-state index contributed by atoms with van der Waals surface area (Å²) in [6.45, 7) is 0.164. The van der Waals surface area contributed by atoms with Crippen molar-refractivity contribution in [3.8, 4) is 0 Å². The molecule has 0 saturated heterocycles. The molecule has 3 aromatic heterocycles. The van der Waals surface area contributed by atoms with E-state index in [0.29, 0.717) is 29.6 Å². The number of rotatable bonds is 7. The third-order valence-electron chi connectivity index (χ3n) is 4.68. The summed E-state index contributed by atoms with van der Waals surface area (Å²) in [6, 6.07) is 9.86. The monoisotopic (exact) mass is 419 g/mol. The zero-order valence-corrected chi connectivity index (χ0v) is 16.3. The molecule has 2 N–H and O–H groups in total. The topological polar surface area (TPSA) is 109 Å². The fourth-order valence-electron chi connectivity index (χ4n) is 3.10. The van der Waals surface area contributed by atoms with Crippen LogP contribution in [0.2, 0.25) is 0 Å². The van der Waals surface area contributed by atoms with Crippen LogP contribution in [0.5, 0.6) is 0 Å². The number of benzene rings is 1. The average molecular weight is 419 g/mol. The van der Waals surface area contributed by atoms with Crippen LogP contribution in [0.25, 0.3) is 5.65 Å². The summed E-state index contributed by atoms with van der Waals surface area (Å²) < 4.78 is 15.1. The van der Waals surface area contributed by atoms with Crippen molar-refractivity contribution in [3.63, 3.8) is 0 Å². The van der Waals surface area contributed by atoms with Crippen molar-refractivity contribution in [2.24, 2.45) is 0 Å². The van der Waals surface area contributed by atoms with Crippen molar-refractivity contribution in [1.29, 1.82) is 0 Å².